The number of hydrogen-bond donors (Lipinski definition) is 1. The van der Waals surface area contributed by atoms with E-state index >= 15 is 0 Å². The maximum atomic E-state index is 12.8. The van der Waals surface area contributed by atoms with Crippen molar-refractivity contribution in [1.29, 1.82) is 0 Å². The fourth-order valence-corrected chi connectivity index (χ4v) is 3.58. The lowest BCUT2D eigenvalue weighted by atomic mass is 10.1. The standard InChI is InChI=1S/C18H22N2O3S/c1-4-12-19-18(21)15-11-10-14(2)17(13-15)20(3)24(22,23)16-8-6-5-7-9-16/h5-11,13H,4,12H2,1-3H3,(H,19,21). The maximum absolute atomic E-state index is 12.8. The molecule has 0 aliphatic carbocycles. The van der Waals surface area contributed by atoms with Crippen molar-refractivity contribution in [3.63, 3.8) is 0 Å². The highest BCUT2D eigenvalue weighted by molar-refractivity contribution is 7.92. The van der Waals surface area contributed by atoms with Gasteiger partial charge in [-0.1, -0.05) is 31.2 Å². The number of nitrogens with one attached hydrogen (secondary N) is 1. The lowest BCUT2D eigenvalue weighted by Gasteiger charge is -2.22. The molecule has 0 spiro atoms. The Morgan fingerprint density at radius 2 is 1.79 bits per heavy atom. The molecular weight excluding hydrogens is 324 g/mol. The Hall–Kier alpha value is -2.34. The zero-order valence-corrected chi connectivity index (χ0v) is 14.9. The van der Waals surface area contributed by atoms with Crippen LogP contribution in [-0.2, 0) is 10.0 Å². The van der Waals surface area contributed by atoms with Gasteiger partial charge in [0, 0.05) is 19.2 Å². The largest absolute Gasteiger partial charge is 0.352 e. The van der Waals surface area contributed by atoms with E-state index in [4.69, 9.17) is 0 Å². The summed E-state index contributed by atoms with van der Waals surface area (Å²) < 4.78 is 26.7. The minimum Gasteiger partial charge on any atom is -0.352 e. The van der Waals surface area contributed by atoms with Gasteiger partial charge in [-0.3, -0.25) is 9.10 Å². The van der Waals surface area contributed by atoms with E-state index < -0.39 is 10.0 Å². The Morgan fingerprint density at radius 3 is 2.42 bits per heavy atom. The molecule has 24 heavy (non-hydrogen) atoms. The summed E-state index contributed by atoms with van der Waals surface area (Å²) >= 11 is 0. The van der Waals surface area contributed by atoms with Crippen molar-refractivity contribution in [2.75, 3.05) is 17.9 Å². The van der Waals surface area contributed by atoms with E-state index in [0.29, 0.717) is 17.8 Å². The van der Waals surface area contributed by atoms with Crippen molar-refractivity contribution < 1.29 is 13.2 Å². The number of amides is 1. The van der Waals surface area contributed by atoms with Crippen LogP contribution in [-0.4, -0.2) is 27.9 Å². The summed E-state index contributed by atoms with van der Waals surface area (Å²) in [5.74, 6) is -0.205. The number of sulfonamides is 1. The molecule has 0 bridgehead atoms. The minimum atomic E-state index is -3.67. The van der Waals surface area contributed by atoms with Gasteiger partial charge in [-0.05, 0) is 43.2 Å². The number of rotatable bonds is 6. The number of aryl methyl sites for hydroxylation is 1. The van der Waals surface area contributed by atoms with Crippen LogP contribution in [0, 0.1) is 6.92 Å². The summed E-state index contributed by atoms with van der Waals surface area (Å²) in [6, 6.07) is 13.3. The van der Waals surface area contributed by atoms with Crippen LogP contribution in [0.5, 0.6) is 0 Å². The quantitative estimate of drug-likeness (QED) is 0.874. The van der Waals surface area contributed by atoms with Crippen molar-refractivity contribution in [2.45, 2.75) is 25.2 Å². The van der Waals surface area contributed by atoms with Gasteiger partial charge in [0.15, 0.2) is 0 Å². The first-order chi connectivity index (χ1) is 11.4. The van der Waals surface area contributed by atoms with E-state index in [2.05, 4.69) is 5.32 Å². The number of benzene rings is 2. The monoisotopic (exact) mass is 346 g/mol. The second kappa shape index (κ2) is 7.49. The molecule has 2 rings (SSSR count). The Morgan fingerprint density at radius 1 is 1.12 bits per heavy atom. The van der Waals surface area contributed by atoms with Gasteiger partial charge in [0.1, 0.15) is 0 Å². The molecule has 6 heteroatoms. The van der Waals surface area contributed by atoms with Crippen LogP contribution in [0.4, 0.5) is 5.69 Å². The zero-order valence-electron chi connectivity index (χ0n) is 14.1. The Balaban J connectivity index is 2.39. The predicted octanol–water partition coefficient (Wildman–Crippen LogP) is 2.96. The van der Waals surface area contributed by atoms with Crippen LogP contribution < -0.4 is 9.62 Å². The second-order valence-corrected chi connectivity index (χ2v) is 7.51. The summed E-state index contributed by atoms with van der Waals surface area (Å²) in [4.78, 5) is 12.3. The molecule has 0 saturated heterocycles. The summed E-state index contributed by atoms with van der Waals surface area (Å²) in [6.07, 6.45) is 0.840. The fourth-order valence-electron chi connectivity index (χ4n) is 2.31. The fraction of sp³-hybridized carbons (Fsp3) is 0.278. The third kappa shape index (κ3) is 3.76. The molecule has 0 aromatic heterocycles. The van der Waals surface area contributed by atoms with Gasteiger partial charge < -0.3 is 5.32 Å². The highest BCUT2D eigenvalue weighted by Crippen LogP contribution is 2.26. The smallest absolute Gasteiger partial charge is 0.264 e. The first kappa shape index (κ1) is 18.0. The molecule has 1 N–H and O–H groups in total. The van der Waals surface area contributed by atoms with Crippen LogP contribution in [0.3, 0.4) is 0 Å². The summed E-state index contributed by atoms with van der Waals surface area (Å²) in [5.41, 5.74) is 1.71. The normalized spacial score (nSPS) is 11.1. The number of hydrogen-bond acceptors (Lipinski definition) is 3. The molecule has 2 aromatic rings. The van der Waals surface area contributed by atoms with Gasteiger partial charge >= 0.3 is 0 Å². The third-order valence-electron chi connectivity index (χ3n) is 3.75. The van der Waals surface area contributed by atoms with Crippen molar-refractivity contribution in [3.8, 4) is 0 Å². The average Bonchev–Trinajstić information content (AvgIpc) is 2.60. The highest BCUT2D eigenvalue weighted by Gasteiger charge is 2.23. The van der Waals surface area contributed by atoms with Crippen LogP contribution in [0.25, 0.3) is 0 Å². The Kier molecular flexibility index (Phi) is 5.62. The van der Waals surface area contributed by atoms with E-state index in [9.17, 15) is 13.2 Å². The molecule has 2 aromatic carbocycles. The number of nitrogens with zero attached hydrogens (tertiary/aromatic N) is 1. The summed E-state index contributed by atoms with van der Waals surface area (Å²) in [7, 11) is -2.17. The van der Waals surface area contributed by atoms with Crippen LogP contribution in [0.15, 0.2) is 53.4 Å². The van der Waals surface area contributed by atoms with Gasteiger partial charge in [-0.25, -0.2) is 8.42 Å². The van der Waals surface area contributed by atoms with Gasteiger partial charge in [0.25, 0.3) is 15.9 Å². The van der Waals surface area contributed by atoms with Crippen LogP contribution in [0.1, 0.15) is 29.3 Å². The molecular formula is C18H22N2O3S. The molecule has 0 aliphatic rings. The van der Waals surface area contributed by atoms with Gasteiger partial charge in [0.05, 0.1) is 10.6 Å². The van der Waals surface area contributed by atoms with Crippen molar-refractivity contribution in [2.24, 2.45) is 0 Å². The molecule has 0 fully saturated rings. The lowest BCUT2D eigenvalue weighted by Crippen LogP contribution is -2.28. The summed E-state index contributed by atoms with van der Waals surface area (Å²) in [6.45, 7) is 4.38. The average molecular weight is 346 g/mol. The Labute approximate surface area is 143 Å². The molecule has 0 aliphatic heterocycles. The van der Waals surface area contributed by atoms with Crippen LogP contribution in [0.2, 0.25) is 0 Å². The third-order valence-corrected chi connectivity index (χ3v) is 5.53. The molecule has 5 nitrogen and oxygen atoms in total. The lowest BCUT2D eigenvalue weighted by molar-refractivity contribution is 0.0953. The predicted molar refractivity (Wildman–Crippen MR) is 95.8 cm³/mol. The maximum Gasteiger partial charge on any atom is 0.264 e. The molecule has 1 amide bonds. The molecule has 0 atom stereocenters. The van der Waals surface area contributed by atoms with E-state index in [-0.39, 0.29) is 10.8 Å². The van der Waals surface area contributed by atoms with Gasteiger partial charge in [-0.2, -0.15) is 0 Å². The van der Waals surface area contributed by atoms with Gasteiger partial charge in [-0.15, -0.1) is 0 Å². The SMILES string of the molecule is CCCNC(=O)c1ccc(C)c(N(C)S(=O)(=O)c2ccccc2)c1. The van der Waals surface area contributed by atoms with E-state index in [1.54, 1.807) is 48.5 Å². The van der Waals surface area contributed by atoms with Crippen molar-refractivity contribution in [3.05, 3.63) is 59.7 Å². The van der Waals surface area contributed by atoms with Crippen molar-refractivity contribution >= 4 is 21.6 Å². The molecule has 0 saturated carbocycles. The zero-order chi connectivity index (χ0) is 17.7. The van der Waals surface area contributed by atoms with Crippen LogP contribution >= 0.6 is 0 Å². The second-order valence-electron chi connectivity index (χ2n) is 5.54. The summed E-state index contributed by atoms with van der Waals surface area (Å²) in [5, 5.41) is 2.80. The molecule has 0 heterocycles. The topological polar surface area (TPSA) is 66.5 Å². The van der Waals surface area contributed by atoms with E-state index in [1.807, 2.05) is 13.8 Å². The number of carbonyl (C=O) groups is 1. The molecule has 0 radical (unpaired) electrons. The minimum absolute atomic E-state index is 0.205. The van der Waals surface area contributed by atoms with E-state index in [0.717, 1.165) is 12.0 Å². The van der Waals surface area contributed by atoms with Gasteiger partial charge in [0.2, 0.25) is 0 Å². The Bertz CT molecular complexity index is 817. The van der Waals surface area contributed by atoms with Crippen molar-refractivity contribution in [1.82, 2.24) is 5.32 Å². The number of carbonyl (C=O) groups excluding carboxylic acids is 1. The molecule has 128 valence electrons. The molecule has 0 unspecified atom stereocenters. The highest BCUT2D eigenvalue weighted by atomic mass is 32.2. The first-order valence-corrected chi connectivity index (χ1v) is 9.24. The van der Waals surface area contributed by atoms with E-state index in [1.165, 1.54) is 11.4 Å². The first-order valence-electron chi connectivity index (χ1n) is 7.80. The number of anilines is 1.